The lowest BCUT2D eigenvalue weighted by molar-refractivity contribution is -0.143. The molecule has 0 radical (unpaired) electrons. The van der Waals surface area contributed by atoms with Gasteiger partial charge >= 0.3 is 11.9 Å². The molecule has 0 saturated heterocycles. The fraction of sp³-hybridized carbons (Fsp3) is 0.500. The van der Waals surface area contributed by atoms with E-state index in [4.69, 9.17) is 10.2 Å². The third-order valence-corrected chi connectivity index (χ3v) is 2.10. The maximum atomic E-state index is 11.0. The molecule has 6 heteroatoms. The molecule has 0 unspecified atom stereocenters. The molecule has 0 atom stereocenters. The van der Waals surface area contributed by atoms with Crippen LogP contribution in [0.15, 0.2) is 16.8 Å². The molecule has 2 N–H and O–H groups in total. The molecule has 0 saturated carbocycles. The predicted octanol–water partition coefficient (Wildman–Crippen LogP) is 1.65. The number of allylic oxidation sites excluding steroid dienone is 2. The first kappa shape index (κ1) is 16.0. The zero-order valence-corrected chi connectivity index (χ0v) is 10.5. The number of aliphatic imine (C=N–C) groups is 1. The molecule has 0 aromatic rings. The number of carbonyl (C=O) groups is 3. The van der Waals surface area contributed by atoms with Gasteiger partial charge in [-0.05, 0) is 13.3 Å². The Morgan fingerprint density at radius 2 is 1.78 bits per heavy atom. The highest BCUT2D eigenvalue weighted by Crippen LogP contribution is 2.08. The Kier molecular flexibility index (Phi) is 7.26. The van der Waals surface area contributed by atoms with E-state index in [0.29, 0.717) is 6.42 Å². The molecule has 1 aliphatic rings. The SMILES string of the molecule is CCC1=NC(C)=CCC1=O.O=C(O)CCC(=O)O. The van der Waals surface area contributed by atoms with Crippen LogP contribution in [0, 0.1) is 0 Å². The molecule has 0 aromatic carbocycles. The summed E-state index contributed by atoms with van der Waals surface area (Å²) in [6, 6.07) is 0. The van der Waals surface area contributed by atoms with Crippen LogP contribution in [-0.4, -0.2) is 33.6 Å². The largest absolute Gasteiger partial charge is 0.481 e. The Labute approximate surface area is 105 Å². The predicted molar refractivity (Wildman–Crippen MR) is 65.6 cm³/mol. The standard InChI is InChI=1S/C8H11NO.C4H6O4/c1-3-7-8(10)5-4-6(2)9-7;5-3(6)1-2-4(7)8/h4H,3,5H2,1-2H3;1-2H2,(H,5,6)(H,7,8). The van der Waals surface area contributed by atoms with E-state index in [2.05, 4.69) is 4.99 Å². The molecule has 0 amide bonds. The number of aliphatic carboxylic acids is 2. The summed E-state index contributed by atoms with van der Waals surface area (Å²) in [4.78, 5) is 34.4. The molecular weight excluding hydrogens is 238 g/mol. The Balaban J connectivity index is 0.000000331. The van der Waals surface area contributed by atoms with E-state index in [1.54, 1.807) is 0 Å². The fourth-order valence-corrected chi connectivity index (χ4v) is 1.17. The second-order valence-corrected chi connectivity index (χ2v) is 3.67. The minimum absolute atomic E-state index is 0.174. The minimum Gasteiger partial charge on any atom is -0.481 e. The molecule has 1 heterocycles. The lowest BCUT2D eigenvalue weighted by atomic mass is 10.1. The second kappa shape index (κ2) is 8.16. The van der Waals surface area contributed by atoms with Crippen molar-refractivity contribution in [1.29, 1.82) is 0 Å². The number of carboxylic acids is 2. The van der Waals surface area contributed by atoms with Crippen molar-refractivity contribution >= 4 is 23.4 Å². The first-order valence-corrected chi connectivity index (χ1v) is 5.58. The van der Waals surface area contributed by atoms with Crippen LogP contribution in [0.1, 0.15) is 39.5 Å². The quantitative estimate of drug-likeness (QED) is 0.794. The van der Waals surface area contributed by atoms with Gasteiger partial charge in [0.1, 0.15) is 0 Å². The van der Waals surface area contributed by atoms with Gasteiger partial charge in [0.15, 0.2) is 5.78 Å². The topological polar surface area (TPSA) is 104 Å². The number of rotatable bonds is 4. The first-order chi connectivity index (χ1) is 8.36. The van der Waals surface area contributed by atoms with Gasteiger partial charge in [-0.2, -0.15) is 0 Å². The van der Waals surface area contributed by atoms with Crippen molar-refractivity contribution in [2.45, 2.75) is 39.5 Å². The number of Topliss-reactive ketones (excluding diaryl/α,β-unsaturated/α-hetero) is 1. The summed E-state index contributed by atoms with van der Waals surface area (Å²) in [5.74, 6) is -1.98. The van der Waals surface area contributed by atoms with Gasteiger partial charge in [0, 0.05) is 12.1 Å². The Bertz CT molecular complexity index is 381. The van der Waals surface area contributed by atoms with E-state index in [1.807, 2.05) is 19.9 Å². The van der Waals surface area contributed by atoms with Crippen molar-refractivity contribution in [3.63, 3.8) is 0 Å². The van der Waals surface area contributed by atoms with Crippen LogP contribution in [0.3, 0.4) is 0 Å². The lowest BCUT2D eigenvalue weighted by Gasteiger charge is -2.06. The zero-order chi connectivity index (χ0) is 14.1. The first-order valence-electron chi connectivity index (χ1n) is 5.58. The van der Waals surface area contributed by atoms with Crippen LogP contribution < -0.4 is 0 Å². The van der Waals surface area contributed by atoms with E-state index in [0.717, 1.165) is 17.8 Å². The van der Waals surface area contributed by atoms with Gasteiger partial charge in [0.05, 0.1) is 18.6 Å². The maximum absolute atomic E-state index is 11.0. The summed E-state index contributed by atoms with van der Waals surface area (Å²) in [7, 11) is 0. The summed E-state index contributed by atoms with van der Waals surface area (Å²) in [6.45, 7) is 3.87. The van der Waals surface area contributed by atoms with E-state index in [-0.39, 0.29) is 18.6 Å². The number of hydrogen-bond acceptors (Lipinski definition) is 4. The van der Waals surface area contributed by atoms with Crippen molar-refractivity contribution in [3.05, 3.63) is 11.8 Å². The average molecular weight is 255 g/mol. The Morgan fingerprint density at radius 3 is 2.11 bits per heavy atom. The number of carbonyl (C=O) groups excluding carboxylic acids is 1. The molecular formula is C12H17NO5. The summed E-state index contributed by atoms with van der Waals surface area (Å²) in [6.07, 6.45) is 2.56. The highest BCUT2D eigenvalue weighted by molar-refractivity contribution is 6.40. The Morgan fingerprint density at radius 1 is 1.28 bits per heavy atom. The monoisotopic (exact) mass is 255 g/mol. The lowest BCUT2D eigenvalue weighted by Crippen LogP contribution is -2.14. The van der Waals surface area contributed by atoms with Crippen LogP contribution >= 0.6 is 0 Å². The molecule has 0 aliphatic carbocycles. The van der Waals surface area contributed by atoms with Gasteiger partial charge < -0.3 is 10.2 Å². The minimum atomic E-state index is -1.08. The van der Waals surface area contributed by atoms with E-state index >= 15 is 0 Å². The van der Waals surface area contributed by atoms with Crippen molar-refractivity contribution in [2.24, 2.45) is 4.99 Å². The van der Waals surface area contributed by atoms with Crippen LogP contribution in [0.25, 0.3) is 0 Å². The van der Waals surface area contributed by atoms with Gasteiger partial charge in [-0.3, -0.25) is 19.4 Å². The maximum Gasteiger partial charge on any atom is 0.303 e. The average Bonchev–Trinajstić information content (AvgIpc) is 2.30. The number of hydrogen-bond donors (Lipinski definition) is 2. The number of nitrogens with zero attached hydrogens (tertiary/aromatic N) is 1. The van der Waals surface area contributed by atoms with Crippen LogP contribution in [0.2, 0.25) is 0 Å². The highest BCUT2D eigenvalue weighted by Gasteiger charge is 2.11. The summed E-state index contributed by atoms with van der Waals surface area (Å²) in [5, 5.41) is 15.8. The smallest absolute Gasteiger partial charge is 0.303 e. The van der Waals surface area contributed by atoms with Gasteiger partial charge in [0.2, 0.25) is 0 Å². The molecule has 6 nitrogen and oxygen atoms in total. The number of ketones is 1. The van der Waals surface area contributed by atoms with E-state index < -0.39 is 11.9 Å². The molecule has 0 fully saturated rings. The zero-order valence-electron chi connectivity index (χ0n) is 10.5. The van der Waals surface area contributed by atoms with E-state index in [9.17, 15) is 14.4 Å². The molecule has 18 heavy (non-hydrogen) atoms. The van der Waals surface area contributed by atoms with Gasteiger partial charge in [-0.1, -0.05) is 13.0 Å². The Hall–Kier alpha value is -1.98. The van der Waals surface area contributed by atoms with Gasteiger partial charge in [0.25, 0.3) is 0 Å². The van der Waals surface area contributed by atoms with Gasteiger partial charge in [-0.25, -0.2) is 0 Å². The molecule has 0 bridgehead atoms. The molecule has 0 spiro atoms. The fourth-order valence-electron chi connectivity index (χ4n) is 1.17. The van der Waals surface area contributed by atoms with Crippen molar-refractivity contribution < 1.29 is 24.6 Å². The van der Waals surface area contributed by atoms with Crippen LogP contribution in [0.4, 0.5) is 0 Å². The van der Waals surface area contributed by atoms with Crippen molar-refractivity contribution in [1.82, 2.24) is 0 Å². The van der Waals surface area contributed by atoms with Crippen LogP contribution in [-0.2, 0) is 14.4 Å². The molecule has 0 aromatic heterocycles. The second-order valence-electron chi connectivity index (χ2n) is 3.67. The van der Waals surface area contributed by atoms with Crippen molar-refractivity contribution in [3.8, 4) is 0 Å². The summed E-state index contributed by atoms with van der Waals surface area (Å²) < 4.78 is 0. The summed E-state index contributed by atoms with van der Waals surface area (Å²) >= 11 is 0. The van der Waals surface area contributed by atoms with E-state index in [1.165, 1.54) is 0 Å². The highest BCUT2D eigenvalue weighted by atomic mass is 16.4. The van der Waals surface area contributed by atoms with Gasteiger partial charge in [-0.15, -0.1) is 0 Å². The third-order valence-electron chi connectivity index (χ3n) is 2.10. The summed E-state index contributed by atoms with van der Waals surface area (Å²) in [5.41, 5.74) is 1.69. The van der Waals surface area contributed by atoms with Crippen LogP contribution in [0.5, 0.6) is 0 Å². The normalized spacial score (nSPS) is 14.0. The molecule has 100 valence electrons. The third kappa shape index (κ3) is 7.32. The van der Waals surface area contributed by atoms with Crippen molar-refractivity contribution in [2.75, 3.05) is 0 Å². The molecule has 1 aliphatic heterocycles. The molecule has 1 rings (SSSR count). The number of carboxylic acid groups (broad SMARTS) is 2.